The van der Waals surface area contributed by atoms with E-state index in [9.17, 15) is 0 Å². The second-order valence-corrected chi connectivity index (χ2v) is 5.34. The minimum Gasteiger partial charge on any atom is -0.384 e. The van der Waals surface area contributed by atoms with Crippen molar-refractivity contribution in [2.24, 2.45) is 0 Å². The van der Waals surface area contributed by atoms with Crippen molar-refractivity contribution < 1.29 is 0 Å². The van der Waals surface area contributed by atoms with Gasteiger partial charge in [-0.1, -0.05) is 17.3 Å². The smallest absolute Gasteiger partial charge is 0.178 e. The number of benzene rings is 1. The van der Waals surface area contributed by atoms with E-state index in [0.717, 1.165) is 24.0 Å². The monoisotopic (exact) mass is 292 g/mol. The fourth-order valence-corrected chi connectivity index (χ4v) is 2.98. The maximum absolute atomic E-state index is 5.89. The van der Waals surface area contributed by atoms with E-state index in [0.29, 0.717) is 11.5 Å². The van der Waals surface area contributed by atoms with Gasteiger partial charge < -0.3 is 10.3 Å². The van der Waals surface area contributed by atoms with E-state index in [1.54, 1.807) is 0 Å². The maximum atomic E-state index is 5.89. The Morgan fingerprint density at radius 2 is 2.14 bits per heavy atom. The molecular formula is C16H16N6. The number of anilines is 1. The molecule has 0 aliphatic carbocycles. The summed E-state index contributed by atoms with van der Waals surface area (Å²) < 4.78 is 2.24. The highest BCUT2D eigenvalue weighted by Gasteiger charge is 2.11. The summed E-state index contributed by atoms with van der Waals surface area (Å²) in [6.45, 7) is 3.11. The fraction of sp³-hybridized carbons (Fsp3) is 0.188. The molecule has 0 saturated heterocycles. The van der Waals surface area contributed by atoms with Crippen LogP contribution in [0.2, 0.25) is 0 Å². The molecule has 110 valence electrons. The summed E-state index contributed by atoms with van der Waals surface area (Å²) in [7, 11) is 0. The van der Waals surface area contributed by atoms with Gasteiger partial charge in [-0.3, -0.25) is 0 Å². The number of nitrogens with one attached hydrogen (secondary N) is 1. The number of hydrogen-bond donors (Lipinski definition) is 2. The van der Waals surface area contributed by atoms with Crippen LogP contribution in [0.1, 0.15) is 18.1 Å². The first kappa shape index (κ1) is 12.8. The highest BCUT2D eigenvalue weighted by Crippen LogP contribution is 2.25. The molecule has 1 aromatic carbocycles. The van der Waals surface area contributed by atoms with Crippen LogP contribution in [0.3, 0.4) is 0 Å². The first-order chi connectivity index (χ1) is 10.8. The summed E-state index contributed by atoms with van der Waals surface area (Å²) in [6.07, 6.45) is 2.88. The summed E-state index contributed by atoms with van der Waals surface area (Å²) in [4.78, 5) is 4.21. The van der Waals surface area contributed by atoms with Gasteiger partial charge in [-0.15, -0.1) is 5.10 Å². The molecule has 3 N–H and O–H groups in total. The molecule has 3 heterocycles. The van der Waals surface area contributed by atoms with Gasteiger partial charge in [0.15, 0.2) is 5.65 Å². The molecule has 0 radical (unpaired) electrons. The van der Waals surface area contributed by atoms with Crippen LogP contribution in [-0.4, -0.2) is 25.0 Å². The molecule has 6 nitrogen and oxygen atoms in total. The third-order valence-corrected chi connectivity index (χ3v) is 4.02. The number of fused-ring (bicyclic) bond motifs is 2. The number of hydrogen-bond acceptors (Lipinski definition) is 4. The van der Waals surface area contributed by atoms with Gasteiger partial charge in [-0.2, -0.15) is 0 Å². The average Bonchev–Trinajstić information content (AvgIpc) is 3.13. The number of nitrogen functional groups attached to an aromatic ring is 1. The van der Waals surface area contributed by atoms with Gasteiger partial charge in [0.2, 0.25) is 0 Å². The number of H-pyrrole nitrogens is 1. The first-order valence-corrected chi connectivity index (χ1v) is 7.29. The number of nitrogens with two attached hydrogens (primary N) is 1. The zero-order valence-corrected chi connectivity index (χ0v) is 12.2. The van der Waals surface area contributed by atoms with E-state index in [4.69, 9.17) is 5.73 Å². The largest absolute Gasteiger partial charge is 0.384 e. The van der Waals surface area contributed by atoms with Crippen molar-refractivity contribution >= 4 is 27.9 Å². The number of rotatable bonds is 3. The molecular weight excluding hydrogens is 276 g/mol. The Bertz CT molecular complexity index is 965. The molecule has 3 aromatic heterocycles. The molecule has 0 bridgehead atoms. The van der Waals surface area contributed by atoms with E-state index in [-0.39, 0.29) is 0 Å². The molecule has 0 spiro atoms. The molecule has 0 unspecified atom stereocenters. The first-order valence-electron chi connectivity index (χ1n) is 7.29. The lowest BCUT2D eigenvalue weighted by atomic mass is 10.0. The second kappa shape index (κ2) is 4.84. The van der Waals surface area contributed by atoms with Crippen LogP contribution in [0.25, 0.3) is 22.1 Å². The molecule has 0 aliphatic rings. The minimum absolute atomic E-state index is 0.479. The summed E-state index contributed by atoms with van der Waals surface area (Å²) in [5.41, 5.74) is 10.8. The highest BCUT2D eigenvalue weighted by molar-refractivity contribution is 5.85. The van der Waals surface area contributed by atoms with Crippen LogP contribution in [0, 0.1) is 0 Å². The Hall–Kier alpha value is -2.89. The van der Waals surface area contributed by atoms with E-state index < -0.39 is 0 Å². The Morgan fingerprint density at radius 1 is 1.23 bits per heavy atom. The van der Waals surface area contributed by atoms with E-state index >= 15 is 0 Å². The van der Waals surface area contributed by atoms with Crippen molar-refractivity contribution in [3.63, 3.8) is 0 Å². The number of aromatic nitrogens is 5. The molecule has 6 heteroatoms. The molecule has 22 heavy (non-hydrogen) atoms. The number of nitrogens with zero attached hydrogens (tertiary/aromatic N) is 4. The van der Waals surface area contributed by atoms with Gasteiger partial charge in [0.1, 0.15) is 11.3 Å². The SMILES string of the molecule is CCn1ccc2c(Cc3cc(N)nc4[nH]nnc34)cccc21. The topological polar surface area (TPSA) is 85.4 Å². The zero-order chi connectivity index (χ0) is 15.1. The minimum atomic E-state index is 0.479. The van der Waals surface area contributed by atoms with Crippen molar-refractivity contribution in [1.29, 1.82) is 0 Å². The maximum Gasteiger partial charge on any atom is 0.178 e. The second-order valence-electron chi connectivity index (χ2n) is 5.34. The molecule has 4 rings (SSSR count). The van der Waals surface area contributed by atoms with E-state index in [1.807, 2.05) is 6.07 Å². The summed E-state index contributed by atoms with van der Waals surface area (Å²) in [6, 6.07) is 10.4. The Kier molecular flexibility index (Phi) is 2.82. The summed E-state index contributed by atoms with van der Waals surface area (Å²) in [5.74, 6) is 0.479. The van der Waals surface area contributed by atoms with Crippen molar-refractivity contribution in [3.05, 3.63) is 47.7 Å². The average molecular weight is 292 g/mol. The molecule has 0 atom stereocenters. The van der Waals surface area contributed by atoms with Gasteiger partial charge in [0.05, 0.1) is 0 Å². The predicted molar refractivity (Wildman–Crippen MR) is 86.5 cm³/mol. The lowest BCUT2D eigenvalue weighted by molar-refractivity contribution is 0.797. The van der Waals surface area contributed by atoms with Crippen molar-refractivity contribution in [2.45, 2.75) is 19.9 Å². The molecule has 0 saturated carbocycles. The van der Waals surface area contributed by atoms with Gasteiger partial charge in [0, 0.05) is 30.1 Å². The fourth-order valence-electron chi connectivity index (χ4n) is 2.98. The molecule has 4 aromatic rings. The molecule has 0 aliphatic heterocycles. The predicted octanol–water partition coefficient (Wildman–Crippen LogP) is 2.50. The van der Waals surface area contributed by atoms with E-state index in [2.05, 4.69) is 62.3 Å². The van der Waals surface area contributed by atoms with Crippen molar-refractivity contribution in [2.75, 3.05) is 5.73 Å². The van der Waals surface area contributed by atoms with Crippen LogP contribution >= 0.6 is 0 Å². The van der Waals surface area contributed by atoms with Crippen molar-refractivity contribution in [3.8, 4) is 0 Å². The standard InChI is InChI=1S/C16H16N6/c1-2-22-7-6-12-10(4-3-5-13(12)22)8-11-9-14(17)18-16-15(11)19-21-20-16/h3-7,9H,2,8H2,1H3,(H3,17,18,19,20,21). The molecule has 0 amide bonds. The summed E-state index contributed by atoms with van der Waals surface area (Å²) in [5, 5.41) is 12.0. The zero-order valence-electron chi connectivity index (χ0n) is 12.2. The van der Waals surface area contributed by atoms with Gasteiger partial charge >= 0.3 is 0 Å². The Balaban J connectivity index is 1.86. The lowest BCUT2D eigenvalue weighted by Crippen LogP contribution is -1.97. The van der Waals surface area contributed by atoms with Gasteiger partial charge in [-0.05, 0) is 36.2 Å². The Labute approximate surface area is 127 Å². The van der Waals surface area contributed by atoms with Crippen LogP contribution in [0.15, 0.2) is 36.5 Å². The molecule has 0 fully saturated rings. The number of pyridine rings is 1. The van der Waals surface area contributed by atoms with Crippen LogP contribution < -0.4 is 5.73 Å². The third-order valence-electron chi connectivity index (χ3n) is 4.02. The normalized spacial score (nSPS) is 11.5. The van der Waals surface area contributed by atoms with Gasteiger partial charge in [0.25, 0.3) is 0 Å². The van der Waals surface area contributed by atoms with E-state index in [1.165, 1.54) is 16.5 Å². The van der Waals surface area contributed by atoms with Crippen LogP contribution in [-0.2, 0) is 13.0 Å². The van der Waals surface area contributed by atoms with Crippen LogP contribution in [0.5, 0.6) is 0 Å². The Morgan fingerprint density at radius 3 is 3.00 bits per heavy atom. The van der Waals surface area contributed by atoms with Crippen LogP contribution in [0.4, 0.5) is 5.82 Å². The lowest BCUT2D eigenvalue weighted by Gasteiger charge is -2.07. The number of aryl methyl sites for hydroxylation is 1. The summed E-state index contributed by atoms with van der Waals surface area (Å²) >= 11 is 0. The highest BCUT2D eigenvalue weighted by atomic mass is 15.3. The quantitative estimate of drug-likeness (QED) is 0.607. The van der Waals surface area contributed by atoms with Gasteiger partial charge in [-0.25, -0.2) is 10.1 Å². The third kappa shape index (κ3) is 1.92. The van der Waals surface area contributed by atoms with Crippen molar-refractivity contribution in [1.82, 2.24) is 25.0 Å². The number of aromatic amines is 1.